The second kappa shape index (κ2) is 7.06. The Balaban J connectivity index is 2.35. The van der Waals surface area contributed by atoms with Gasteiger partial charge in [-0.25, -0.2) is 8.78 Å². The molecule has 0 saturated heterocycles. The van der Waals surface area contributed by atoms with Crippen molar-refractivity contribution < 1.29 is 13.6 Å². The van der Waals surface area contributed by atoms with E-state index in [1.807, 2.05) is 0 Å². The van der Waals surface area contributed by atoms with Crippen molar-refractivity contribution in [2.45, 2.75) is 20.3 Å². The summed E-state index contributed by atoms with van der Waals surface area (Å²) in [5, 5.41) is 5.34. The molecule has 0 spiro atoms. The zero-order chi connectivity index (χ0) is 13.5. The highest BCUT2D eigenvalue weighted by molar-refractivity contribution is 5.92. The van der Waals surface area contributed by atoms with Crippen LogP contribution in [0.3, 0.4) is 0 Å². The molecule has 0 atom stereocenters. The predicted molar refractivity (Wildman–Crippen MR) is 67.3 cm³/mol. The summed E-state index contributed by atoms with van der Waals surface area (Å²) in [7, 11) is 0. The van der Waals surface area contributed by atoms with Gasteiger partial charge in [0.05, 0.1) is 12.2 Å². The molecule has 1 amide bonds. The summed E-state index contributed by atoms with van der Waals surface area (Å²) in [5.74, 6) is -1.22. The number of rotatable bonds is 6. The van der Waals surface area contributed by atoms with Gasteiger partial charge in [-0.15, -0.1) is 0 Å². The van der Waals surface area contributed by atoms with Crippen LogP contribution in [0.25, 0.3) is 0 Å². The summed E-state index contributed by atoms with van der Waals surface area (Å²) in [6.07, 6.45) is 0.970. The first-order chi connectivity index (χ1) is 8.49. The Morgan fingerprint density at radius 2 is 2.06 bits per heavy atom. The van der Waals surface area contributed by atoms with Crippen molar-refractivity contribution in [3.8, 4) is 0 Å². The van der Waals surface area contributed by atoms with Crippen molar-refractivity contribution >= 4 is 11.6 Å². The molecule has 100 valence electrons. The van der Waals surface area contributed by atoms with E-state index >= 15 is 0 Å². The number of halogens is 2. The fourth-order valence-corrected chi connectivity index (χ4v) is 1.38. The maximum Gasteiger partial charge on any atom is 0.238 e. The minimum atomic E-state index is -0.773. The van der Waals surface area contributed by atoms with E-state index in [1.165, 1.54) is 6.07 Å². The van der Waals surface area contributed by atoms with E-state index < -0.39 is 11.6 Å². The second-order valence-corrected chi connectivity index (χ2v) is 4.53. The highest BCUT2D eigenvalue weighted by Gasteiger charge is 2.07. The molecule has 0 fully saturated rings. The van der Waals surface area contributed by atoms with Gasteiger partial charge in [0.25, 0.3) is 0 Å². The Bertz CT molecular complexity index is 408. The minimum absolute atomic E-state index is 0.00735. The molecular weight excluding hydrogens is 238 g/mol. The molecule has 0 saturated carbocycles. The van der Waals surface area contributed by atoms with E-state index in [0.29, 0.717) is 5.92 Å². The quantitative estimate of drug-likeness (QED) is 0.768. The lowest BCUT2D eigenvalue weighted by Crippen LogP contribution is -2.29. The first-order valence-corrected chi connectivity index (χ1v) is 5.94. The molecule has 0 heterocycles. The van der Waals surface area contributed by atoms with Gasteiger partial charge in [0.1, 0.15) is 11.6 Å². The zero-order valence-corrected chi connectivity index (χ0v) is 10.6. The van der Waals surface area contributed by atoms with Gasteiger partial charge in [0.2, 0.25) is 5.91 Å². The third-order valence-corrected chi connectivity index (χ3v) is 2.39. The Kier molecular flexibility index (Phi) is 5.71. The SMILES string of the molecule is CC(C)CCNCC(=O)Nc1ccc(F)cc1F. The van der Waals surface area contributed by atoms with Gasteiger partial charge >= 0.3 is 0 Å². The largest absolute Gasteiger partial charge is 0.322 e. The van der Waals surface area contributed by atoms with E-state index in [4.69, 9.17) is 0 Å². The van der Waals surface area contributed by atoms with Crippen LogP contribution in [0, 0.1) is 17.6 Å². The van der Waals surface area contributed by atoms with E-state index in [-0.39, 0.29) is 18.1 Å². The van der Waals surface area contributed by atoms with Crippen molar-refractivity contribution in [3.05, 3.63) is 29.8 Å². The Morgan fingerprint density at radius 1 is 1.33 bits per heavy atom. The number of hydrogen-bond donors (Lipinski definition) is 2. The van der Waals surface area contributed by atoms with Gasteiger partial charge in [-0.1, -0.05) is 13.8 Å². The smallest absolute Gasteiger partial charge is 0.238 e. The molecular formula is C13H18F2N2O. The molecule has 0 aromatic heterocycles. The summed E-state index contributed by atoms with van der Waals surface area (Å²) in [6, 6.07) is 3.05. The maximum absolute atomic E-state index is 13.2. The highest BCUT2D eigenvalue weighted by Crippen LogP contribution is 2.14. The second-order valence-electron chi connectivity index (χ2n) is 4.53. The third kappa shape index (κ3) is 5.23. The van der Waals surface area contributed by atoms with E-state index in [9.17, 15) is 13.6 Å². The van der Waals surface area contributed by atoms with Crippen molar-refractivity contribution in [2.75, 3.05) is 18.4 Å². The fraction of sp³-hybridized carbons (Fsp3) is 0.462. The summed E-state index contributed by atoms with van der Waals surface area (Å²) < 4.78 is 25.9. The predicted octanol–water partition coefficient (Wildman–Crippen LogP) is 2.54. The van der Waals surface area contributed by atoms with Crippen molar-refractivity contribution in [2.24, 2.45) is 5.92 Å². The number of carbonyl (C=O) groups is 1. The third-order valence-electron chi connectivity index (χ3n) is 2.39. The average molecular weight is 256 g/mol. The molecule has 1 rings (SSSR count). The number of benzene rings is 1. The van der Waals surface area contributed by atoms with Crippen LogP contribution >= 0.6 is 0 Å². The highest BCUT2D eigenvalue weighted by atomic mass is 19.1. The van der Waals surface area contributed by atoms with Gasteiger partial charge < -0.3 is 10.6 Å². The monoisotopic (exact) mass is 256 g/mol. The molecule has 1 aromatic carbocycles. The number of anilines is 1. The Hall–Kier alpha value is -1.49. The van der Waals surface area contributed by atoms with Crippen LogP contribution in [-0.2, 0) is 4.79 Å². The van der Waals surface area contributed by atoms with Gasteiger partial charge in [-0.3, -0.25) is 4.79 Å². The van der Waals surface area contributed by atoms with Gasteiger partial charge in [0.15, 0.2) is 0 Å². The normalized spacial score (nSPS) is 10.7. The molecule has 0 radical (unpaired) electrons. The lowest BCUT2D eigenvalue weighted by molar-refractivity contribution is -0.115. The molecule has 0 aliphatic heterocycles. The molecule has 3 nitrogen and oxygen atoms in total. The lowest BCUT2D eigenvalue weighted by atomic mass is 10.1. The number of nitrogens with one attached hydrogen (secondary N) is 2. The minimum Gasteiger partial charge on any atom is -0.322 e. The van der Waals surface area contributed by atoms with Gasteiger partial charge in [-0.05, 0) is 31.0 Å². The first kappa shape index (κ1) is 14.6. The summed E-state index contributed by atoms with van der Waals surface area (Å²) in [6.45, 7) is 5.03. The fourth-order valence-electron chi connectivity index (χ4n) is 1.38. The molecule has 18 heavy (non-hydrogen) atoms. The number of carbonyl (C=O) groups excluding carboxylic acids is 1. The van der Waals surface area contributed by atoms with E-state index in [0.717, 1.165) is 25.1 Å². The molecule has 0 aliphatic rings. The molecule has 0 bridgehead atoms. The maximum atomic E-state index is 13.2. The van der Waals surface area contributed by atoms with Crippen LogP contribution in [0.2, 0.25) is 0 Å². The molecule has 0 unspecified atom stereocenters. The van der Waals surface area contributed by atoms with Crippen LogP contribution in [0.4, 0.5) is 14.5 Å². The van der Waals surface area contributed by atoms with Crippen LogP contribution in [-0.4, -0.2) is 19.0 Å². The molecule has 1 aromatic rings. The number of amides is 1. The molecule has 2 N–H and O–H groups in total. The van der Waals surface area contributed by atoms with Crippen LogP contribution < -0.4 is 10.6 Å². The topological polar surface area (TPSA) is 41.1 Å². The van der Waals surface area contributed by atoms with E-state index in [1.54, 1.807) is 0 Å². The van der Waals surface area contributed by atoms with Gasteiger partial charge in [-0.2, -0.15) is 0 Å². The van der Waals surface area contributed by atoms with E-state index in [2.05, 4.69) is 24.5 Å². The Labute approximate surface area is 106 Å². The molecule has 0 aliphatic carbocycles. The number of hydrogen-bond acceptors (Lipinski definition) is 2. The summed E-state index contributed by atoms with van der Waals surface area (Å²) in [4.78, 5) is 11.5. The Morgan fingerprint density at radius 3 is 2.67 bits per heavy atom. The van der Waals surface area contributed by atoms with Crippen molar-refractivity contribution in [1.82, 2.24) is 5.32 Å². The lowest BCUT2D eigenvalue weighted by Gasteiger charge is -2.08. The standard InChI is InChI=1S/C13H18F2N2O/c1-9(2)5-6-16-8-13(18)17-12-4-3-10(14)7-11(12)15/h3-4,7,9,16H,5-6,8H2,1-2H3,(H,17,18). The molecule has 5 heteroatoms. The first-order valence-electron chi connectivity index (χ1n) is 5.94. The zero-order valence-electron chi connectivity index (χ0n) is 10.6. The summed E-state index contributed by atoms with van der Waals surface area (Å²) in [5.41, 5.74) is -0.00735. The van der Waals surface area contributed by atoms with Crippen molar-refractivity contribution in [1.29, 1.82) is 0 Å². The van der Waals surface area contributed by atoms with Crippen LogP contribution in [0.5, 0.6) is 0 Å². The van der Waals surface area contributed by atoms with Crippen molar-refractivity contribution in [3.63, 3.8) is 0 Å². The average Bonchev–Trinajstić information content (AvgIpc) is 2.28. The van der Waals surface area contributed by atoms with Gasteiger partial charge in [0, 0.05) is 6.07 Å². The van der Waals surface area contributed by atoms with Crippen LogP contribution in [0.15, 0.2) is 18.2 Å². The summed E-state index contributed by atoms with van der Waals surface area (Å²) >= 11 is 0. The van der Waals surface area contributed by atoms with Crippen LogP contribution in [0.1, 0.15) is 20.3 Å².